The minimum absolute atomic E-state index is 0.0962. The van der Waals surface area contributed by atoms with Crippen LogP contribution in [0.25, 0.3) is 10.1 Å². The highest BCUT2D eigenvalue weighted by Gasteiger charge is 2.25. The summed E-state index contributed by atoms with van der Waals surface area (Å²) in [5.41, 5.74) is 0.915. The molecule has 0 aliphatic carbocycles. The predicted octanol–water partition coefficient (Wildman–Crippen LogP) is 4.50. The van der Waals surface area contributed by atoms with Crippen molar-refractivity contribution in [1.82, 2.24) is 9.78 Å². The molecule has 1 aromatic carbocycles. The van der Waals surface area contributed by atoms with Gasteiger partial charge in [-0.15, -0.1) is 11.3 Å². The second-order valence-corrected chi connectivity index (χ2v) is 9.09. The molecule has 0 atom stereocenters. The third kappa shape index (κ3) is 4.94. The number of rotatable bonds is 7. The first-order valence-corrected chi connectivity index (χ1v) is 10.7. The summed E-state index contributed by atoms with van der Waals surface area (Å²) < 4.78 is 26.8. The highest BCUT2D eigenvalue weighted by Crippen LogP contribution is 2.34. The van der Waals surface area contributed by atoms with Crippen LogP contribution >= 0.6 is 11.3 Å². The first kappa shape index (κ1) is 22.9. The van der Waals surface area contributed by atoms with Crippen LogP contribution in [-0.4, -0.2) is 35.4 Å². The standard InChI is InChI=1S/C22H26FN3O4S/c1-6-30-18(27)11-26-17(10-16(25-26)22(2,3)4)24-21(28)20-13(12-29-5)19-14(23)8-7-9-15(19)31-20/h7-10H,6,11-12H2,1-5H3,(H,24,28). The first-order chi connectivity index (χ1) is 14.7. The molecule has 3 aromatic rings. The van der Waals surface area contributed by atoms with Crippen LogP contribution in [0.15, 0.2) is 24.3 Å². The fourth-order valence-electron chi connectivity index (χ4n) is 3.14. The quantitative estimate of drug-likeness (QED) is 0.540. The number of benzene rings is 1. The van der Waals surface area contributed by atoms with E-state index in [1.165, 1.54) is 29.2 Å². The topological polar surface area (TPSA) is 82.5 Å². The number of halogens is 1. The first-order valence-electron chi connectivity index (χ1n) is 9.89. The molecule has 0 aliphatic heterocycles. The van der Waals surface area contributed by atoms with Crippen molar-refractivity contribution < 1.29 is 23.5 Å². The Balaban J connectivity index is 1.99. The molecule has 3 rings (SSSR count). The lowest BCUT2D eigenvalue weighted by atomic mass is 9.92. The number of thiophene rings is 1. The third-order valence-corrected chi connectivity index (χ3v) is 5.83. The Morgan fingerprint density at radius 2 is 2.03 bits per heavy atom. The Bertz CT molecular complexity index is 1110. The molecule has 0 saturated heterocycles. The van der Waals surface area contributed by atoms with Gasteiger partial charge in [0.25, 0.3) is 5.91 Å². The van der Waals surface area contributed by atoms with Crippen LogP contribution < -0.4 is 5.32 Å². The molecule has 7 nitrogen and oxygen atoms in total. The summed E-state index contributed by atoms with van der Waals surface area (Å²) in [7, 11) is 1.50. The molecule has 0 fully saturated rings. The number of aromatic nitrogens is 2. The van der Waals surface area contributed by atoms with Crippen LogP contribution in [-0.2, 0) is 32.8 Å². The van der Waals surface area contributed by atoms with E-state index < -0.39 is 17.7 Å². The highest BCUT2D eigenvalue weighted by molar-refractivity contribution is 7.21. The van der Waals surface area contributed by atoms with Crippen molar-refractivity contribution in [1.29, 1.82) is 0 Å². The second-order valence-electron chi connectivity index (χ2n) is 8.04. The summed E-state index contributed by atoms with van der Waals surface area (Å²) in [6.45, 7) is 7.90. The number of carbonyl (C=O) groups is 2. The molecule has 1 amide bonds. The van der Waals surface area contributed by atoms with Crippen LogP contribution in [0.5, 0.6) is 0 Å². The number of esters is 1. The molecule has 9 heteroatoms. The van der Waals surface area contributed by atoms with Crippen LogP contribution in [0.1, 0.15) is 48.6 Å². The zero-order chi connectivity index (χ0) is 22.8. The van der Waals surface area contributed by atoms with Crippen LogP contribution in [0.2, 0.25) is 0 Å². The van der Waals surface area contributed by atoms with E-state index in [0.29, 0.717) is 32.0 Å². The van der Waals surface area contributed by atoms with Gasteiger partial charge in [0, 0.05) is 34.2 Å². The maximum atomic E-state index is 14.4. The monoisotopic (exact) mass is 447 g/mol. The van der Waals surface area contributed by atoms with Gasteiger partial charge in [0.1, 0.15) is 18.2 Å². The molecule has 0 radical (unpaired) electrons. The molecule has 0 saturated carbocycles. The average Bonchev–Trinajstić information content (AvgIpc) is 3.25. The smallest absolute Gasteiger partial charge is 0.327 e. The van der Waals surface area contributed by atoms with E-state index in [4.69, 9.17) is 9.47 Å². The number of carbonyl (C=O) groups excluding carboxylic acids is 2. The van der Waals surface area contributed by atoms with E-state index in [0.717, 1.165) is 0 Å². The lowest BCUT2D eigenvalue weighted by molar-refractivity contribution is -0.144. The summed E-state index contributed by atoms with van der Waals surface area (Å²) in [6.07, 6.45) is 0. The molecule has 0 bridgehead atoms. The van der Waals surface area contributed by atoms with E-state index in [1.54, 1.807) is 25.1 Å². The van der Waals surface area contributed by atoms with Gasteiger partial charge in [0.05, 0.1) is 23.8 Å². The molecule has 1 N–H and O–H groups in total. The van der Waals surface area contributed by atoms with Crippen molar-refractivity contribution in [2.45, 2.75) is 46.3 Å². The number of hydrogen-bond donors (Lipinski definition) is 1. The summed E-state index contributed by atoms with van der Waals surface area (Å²) >= 11 is 1.19. The Morgan fingerprint density at radius 1 is 1.29 bits per heavy atom. The summed E-state index contributed by atoms with van der Waals surface area (Å²) in [5, 5.41) is 7.70. The van der Waals surface area contributed by atoms with Crippen LogP contribution in [0.4, 0.5) is 10.2 Å². The fourth-order valence-corrected chi connectivity index (χ4v) is 4.26. The van der Waals surface area contributed by atoms with E-state index >= 15 is 0 Å². The summed E-state index contributed by atoms with van der Waals surface area (Å²) in [6, 6.07) is 6.47. The third-order valence-electron chi connectivity index (χ3n) is 4.63. The summed E-state index contributed by atoms with van der Waals surface area (Å²) in [4.78, 5) is 25.5. The van der Waals surface area contributed by atoms with Gasteiger partial charge in [-0.2, -0.15) is 5.10 Å². The van der Waals surface area contributed by atoms with E-state index in [9.17, 15) is 14.0 Å². The lowest BCUT2D eigenvalue weighted by Gasteiger charge is -2.14. The number of nitrogens with one attached hydrogen (secondary N) is 1. The Labute approximate surface area is 184 Å². The second kappa shape index (κ2) is 9.15. The van der Waals surface area contributed by atoms with Crippen LogP contribution in [0.3, 0.4) is 0 Å². The zero-order valence-corrected chi connectivity index (χ0v) is 19.1. The van der Waals surface area contributed by atoms with Gasteiger partial charge in [-0.05, 0) is 19.1 Å². The van der Waals surface area contributed by atoms with Gasteiger partial charge < -0.3 is 14.8 Å². The van der Waals surface area contributed by atoms with Crippen molar-refractivity contribution >= 4 is 39.1 Å². The fraction of sp³-hybridized carbons (Fsp3) is 0.409. The number of ether oxygens (including phenoxy) is 2. The van der Waals surface area contributed by atoms with Crippen molar-refractivity contribution in [3.63, 3.8) is 0 Å². The molecule has 0 spiro atoms. The molecule has 0 aliphatic rings. The van der Waals surface area contributed by atoms with Gasteiger partial charge >= 0.3 is 5.97 Å². The van der Waals surface area contributed by atoms with Crippen molar-refractivity contribution in [2.75, 3.05) is 19.0 Å². The maximum Gasteiger partial charge on any atom is 0.327 e. The Morgan fingerprint density at radius 3 is 2.68 bits per heavy atom. The number of anilines is 1. The molecule has 2 heterocycles. The van der Waals surface area contributed by atoms with Gasteiger partial charge in [0.15, 0.2) is 0 Å². The number of nitrogens with zero attached hydrogens (tertiary/aromatic N) is 2. The SMILES string of the molecule is CCOC(=O)Cn1nc(C(C)(C)C)cc1NC(=O)c1sc2cccc(F)c2c1COC. The van der Waals surface area contributed by atoms with Crippen molar-refractivity contribution in [3.05, 3.63) is 46.2 Å². The van der Waals surface area contributed by atoms with Gasteiger partial charge in [0.2, 0.25) is 0 Å². The number of amides is 1. The van der Waals surface area contributed by atoms with E-state index in [-0.39, 0.29) is 25.2 Å². The number of methoxy groups -OCH3 is 1. The minimum atomic E-state index is -0.453. The number of hydrogen-bond acceptors (Lipinski definition) is 6. The summed E-state index contributed by atoms with van der Waals surface area (Å²) in [5.74, 6) is -0.907. The average molecular weight is 448 g/mol. The van der Waals surface area contributed by atoms with Crippen molar-refractivity contribution in [2.24, 2.45) is 0 Å². The lowest BCUT2D eigenvalue weighted by Crippen LogP contribution is -2.20. The van der Waals surface area contributed by atoms with E-state index in [1.807, 2.05) is 20.8 Å². The molecule has 31 heavy (non-hydrogen) atoms. The number of fused-ring (bicyclic) bond motifs is 1. The van der Waals surface area contributed by atoms with E-state index in [2.05, 4.69) is 10.4 Å². The Hall–Kier alpha value is -2.78. The minimum Gasteiger partial charge on any atom is -0.465 e. The normalized spacial score (nSPS) is 11.7. The Kier molecular flexibility index (Phi) is 6.76. The maximum absolute atomic E-state index is 14.4. The zero-order valence-electron chi connectivity index (χ0n) is 18.2. The molecule has 166 valence electrons. The molecule has 0 unspecified atom stereocenters. The largest absolute Gasteiger partial charge is 0.465 e. The highest BCUT2D eigenvalue weighted by atomic mass is 32.1. The molecule has 2 aromatic heterocycles. The van der Waals surface area contributed by atoms with Crippen molar-refractivity contribution in [3.8, 4) is 0 Å². The van der Waals surface area contributed by atoms with Gasteiger partial charge in [-0.25, -0.2) is 9.07 Å². The molecular weight excluding hydrogens is 421 g/mol. The van der Waals surface area contributed by atoms with Crippen LogP contribution in [0, 0.1) is 5.82 Å². The molecular formula is C22H26FN3O4S. The predicted molar refractivity (Wildman–Crippen MR) is 118 cm³/mol. The van der Waals surface area contributed by atoms with Gasteiger partial charge in [-0.3, -0.25) is 9.59 Å². The van der Waals surface area contributed by atoms with Gasteiger partial charge in [-0.1, -0.05) is 26.8 Å².